The van der Waals surface area contributed by atoms with E-state index in [4.69, 9.17) is 0 Å². The van der Waals surface area contributed by atoms with Crippen LogP contribution in [-0.2, 0) is 16.0 Å². The summed E-state index contributed by atoms with van der Waals surface area (Å²) in [5.41, 5.74) is 2.60. The van der Waals surface area contributed by atoms with Crippen LogP contribution in [0.1, 0.15) is 17.0 Å². The number of hydrogen-bond acceptors (Lipinski definition) is 3. The molecule has 0 aliphatic carbocycles. The van der Waals surface area contributed by atoms with Crippen molar-refractivity contribution in [3.63, 3.8) is 0 Å². The van der Waals surface area contributed by atoms with E-state index in [-0.39, 0.29) is 24.2 Å². The summed E-state index contributed by atoms with van der Waals surface area (Å²) in [5, 5.41) is 5.60. The molecule has 2 aromatic carbocycles. The molecule has 118 valence electrons. The zero-order valence-corrected chi connectivity index (χ0v) is 13.7. The highest BCUT2D eigenvalue weighted by molar-refractivity contribution is 7.99. The van der Waals surface area contributed by atoms with Gasteiger partial charge in [0.1, 0.15) is 0 Å². The Hall–Kier alpha value is -2.27. The van der Waals surface area contributed by atoms with Gasteiger partial charge in [-0.1, -0.05) is 36.4 Å². The third kappa shape index (κ3) is 3.40. The molecule has 0 saturated heterocycles. The van der Waals surface area contributed by atoms with Gasteiger partial charge < -0.3 is 10.6 Å². The SMILES string of the molecule is CNC(=O)Cc1ccccc1NC(=O)[C@@H]1CSc2ccccc21. The summed E-state index contributed by atoms with van der Waals surface area (Å²) in [6.45, 7) is 0. The van der Waals surface area contributed by atoms with Gasteiger partial charge in [0.15, 0.2) is 0 Å². The van der Waals surface area contributed by atoms with Gasteiger partial charge >= 0.3 is 0 Å². The molecule has 0 bridgehead atoms. The van der Waals surface area contributed by atoms with Gasteiger partial charge in [-0.15, -0.1) is 11.8 Å². The van der Waals surface area contributed by atoms with E-state index in [9.17, 15) is 9.59 Å². The number of rotatable bonds is 4. The Morgan fingerprint density at radius 1 is 1.13 bits per heavy atom. The molecule has 0 unspecified atom stereocenters. The molecule has 0 aromatic heterocycles. The summed E-state index contributed by atoms with van der Waals surface area (Å²) >= 11 is 1.71. The highest BCUT2D eigenvalue weighted by Crippen LogP contribution is 2.39. The van der Waals surface area contributed by atoms with E-state index in [0.717, 1.165) is 16.9 Å². The number of amides is 2. The van der Waals surface area contributed by atoms with Crippen molar-refractivity contribution in [2.75, 3.05) is 18.1 Å². The van der Waals surface area contributed by atoms with Gasteiger partial charge in [-0.3, -0.25) is 9.59 Å². The Morgan fingerprint density at radius 2 is 1.87 bits per heavy atom. The lowest BCUT2D eigenvalue weighted by Crippen LogP contribution is -2.24. The highest BCUT2D eigenvalue weighted by atomic mass is 32.2. The molecule has 1 aliphatic heterocycles. The van der Waals surface area contributed by atoms with E-state index in [0.29, 0.717) is 5.69 Å². The van der Waals surface area contributed by atoms with Gasteiger partial charge in [-0.2, -0.15) is 0 Å². The first-order chi connectivity index (χ1) is 11.2. The van der Waals surface area contributed by atoms with Gasteiger partial charge in [-0.25, -0.2) is 0 Å². The quantitative estimate of drug-likeness (QED) is 0.908. The first-order valence-corrected chi connectivity index (χ1v) is 8.48. The van der Waals surface area contributed by atoms with Crippen LogP contribution < -0.4 is 10.6 Å². The van der Waals surface area contributed by atoms with E-state index >= 15 is 0 Å². The molecule has 3 rings (SSSR count). The van der Waals surface area contributed by atoms with Crippen molar-refractivity contribution in [3.05, 3.63) is 59.7 Å². The summed E-state index contributed by atoms with van der Waals surface area (Å²) in [6, 6.07) is 15.4. The number of hydrogen-bond donors (Lipinski definition) is 2. The van der Waals surface area contributed by atoms with E-state index in [1.807, 2.05) is 48.5 Å². The molecule has 0 fully saturated rings. The first kappa shape index (κ1) is 15.6. The number of carbonyl (C=O) groups excluding carboxylic acids is 2. The molecular weight excluding hydrogens is 308 g/mol. The Balaban J connectivity index is 1.78. The molecule has 4 nitrogen and oxygen atoms in total. The minimum Gasteiger partial charge on any atom is -0.359 e. The van der Waals surface area contributed by atoms with Crippen LogP contribution in [-0.4, -0.2) is 24.6 Å². The summed E-state index contributed by atoms with van der Waals surface area (Å²) in [5.74, 6) is 0.507. The fourth-order valence-electron chi connectivity index (χ4n) is 2.66. The Morgan fingerprint density at radius 3 is 2.70 bits per heavy atom. The Bertz CT molecular complexity index is 745. The third-order valence-corrected chi connectivity index (χ3v) is 5.10. The van der Waals surface area contributed by atoms with Gasteiger partial charge in [-0.05, 0) is 23.3 Å². The maximum Gasteiger partial charge on any atom is 0.232 e. The normalized spacial score (nSPS) is 15.8. The number of carbonyl (C=O) groups is 2. The molecule has 2 amide bonds. The van der Waals surface area contributed by atoms with Gasteiger partial charge in [0, 0.05) is 23.4 Å². The lowest BCUT2D eigenvalue weighted by molar-refractivity contribution is -0.120. The lowest BCUT2D eigenvalue weighted by atomic mass is 10.00. The van der Waals surface area contributed by atoms with Crippen LogP contribution in [0.25, 0.3) is 0 Å². The first-order valence-electron chi connectivity index (χ1n) is 7.50. The largest absolute Gasteiger partial charge is 0.359 e. The van der Waals surface area contributed by atoms with Crippen molar-refractivity contribution >= 4 is 29.3 Å². The summed E-state index contributed by atoms with van der Waals surface area (Å²) in [6.07, 6.45) is 0.253. The molecule has 1 atom stereocenters. The fourth-order valence-corrected chi connectivity index (χ4v) is 3.89. The summed E-state index contributed by atoms with van der Waals surface area (Å²) in [7, 11) is 1.61. The van der Waals surface area contributed by atoms with Crippen molar-refractivity contribution in [2.24, 2.45) is 0 Å². The molecule has 2 aromatic rings. The second-order valence-electron chi connectivity index (χ2n) is 5.40. The zero-order valence-electron chi connectivity index (χ0n) is 12.8. The van der Waals surface area contributed by atoms with Crippen LogP contribution >= 0.6 is 11.8 Å². The predicted molar refractivity (Wildman–Crippen MR) is 92.7 cm³/mol. The average Bonchev–Trinajstić information content (AvgIpc) is 3.00. The van der Waals surface area contributed by atoms with Gasteiger partial charge in [0.2, 0.25) is 11.8 Å². The van der Waals surface area contributed by atoms with Crippen molar-refractivity contribution in [1.29, 1.82) is 0 Å². The van der Waals surface area contributed by atoms with Crippen LogP contribution in [0, 0.1) is 0 Å². The van der Waals surface area contributed by atoms with Gasteiger partial charge in [0.25, 0.3) is 0 Å². The molecule has 0 saturated carbocycles. The topological polar surface area (TPSA) is 58.2 Å². The Kier molecular flexibility index (Phi) is 4.67. The van der Waals surface area contributed by atoms with Crippen LogP contribution in [0.5, 0.6) is 0 Å². The third-order valence-electron chi connectivity index (χ3n) is 3.92. The highest BCUT2D eigenvalue weighted by Gasteiger charge is 2.29. The van der Waals surface area contributed by atoms with Crippen molar-refractivity contribution in [1.82, 2.24) is 5.32 Å². The van der Waals surface area contributed by atoms with Crippen molar-refractivity contribution in [3.8, 4) is 0 Å². The maximum atomic E-state index is 12.7. The second-order valence-corrected chi connectivity index (χ2v) is 6.46. The van der Waals surface area contributed by atoms with E-state index in [1.165, 1.54) is 4.90 Å². The minimum absolute atomic E-state index is 0.0215. The van der Waals surface area contributed by atoms with Crippen LogP contribution in [0.2, 0.25) is 0 Å². The Labute approximate surface area is 139 Å². The number of para-hydroxylation sites is 1. The number of likely N-dealkylation sites (N-methyl/N-ethyl adjacent to an activating group) is 1. The predicted octanol–water partition coefficient (Wildman–Crippen LogP) is 2.80. The molecule has 5 heteroatoms. The van der Waals surface area contributed by atoms with Crippen molar-refractivity contribution in [2.45, 2.75) is 17.2 Å². The molecule has 0 radical (unpaired) electrons. The molecular formula is C18H18N2O2S. The maximum absolute atomic E-state index is 12.7. The van der Waals surface area contributed by atoms with E-state index in [2.05, 4.69) is 10.6 Å². The molecule has 1 aliphatic rings. The number of nitrogens with one attached hydrogen (secondary N) is 2. The van der Waals surface area contributed by atoms with Crippen molar-refractivity contribution < 1.29 is 9.59 Å². The molecule has 0 spiro atoms. The van der Waals surface area contributed by atoms with Gasteiger partial charge in [0.05, 0.1) is 12.3 Å². The molecule has 2 N–H and O–H groups in total. The summed E-state index contributed by atoms with van der Waals surface area (Å²) < 4.78 is 0. The minimum atomic E-state index is -0.149. The number of thioether (sulfide) groups is 1. The number of anilines is 1. The summed E-state index contributed by atoms with van der Waals surface area (Å²) in [4.78, 5) is 25.4. The fraction of sp³-hybridized carbons (Fsp3) is 0.222. The van der Waals surface area contributed by atoms with E-state index in [1.54, 1.807) is 18.8 Å². The van der Waals surface area contributed by atoms with Crippen LogP contribution in [0.15, 0.2) is 53.4 Å². The average molecular weight is 326 g/mol. The standard InChI is InChI=1S/C18H18N2O2S/c1-19-17(21)10-12-6-2-4-8-15(12)20-18(22)14-11-23-16-9-5-3-7-13(14)16/h2-9,14H,10-11H2,1H3,(H,19,21)(H,20,22)/t14-/m1/s1. The second kappa shape index (κ2) is 6.87. The lowest BCUT2D eigenvalue weighted by Gasteiger charge is -2.14. The van der Waals surface area contributed by atoms with Crippen LogP contribution in [0.3, 0.4) is 0 Å². The van der Waals surface area contributed by atoms with E-state index < -0.39 is 0 Å². The zero-order chi connectivity index (χ0) is 16.2. The monoisotopic (exact) mass is 326 g/mol. The number of benzene rings is 2. The molecule has 1 heterocycles. The molecule has 23 heavy (non-hydrogen) atoms. The van der Waals surface area contributed by atoms with Crippen LogP contribution in [0.4, 0.5) is 5.69 Å². The number of fused-ring (bicyclic) bond motifs is 1. The smallest absolute Gasteiger partial charge is 0.232 e.